The summed E-state index contributed by atoms with van der Waals surface area (Å²) in [5.41, 5.74) is 0.646. The van der Waals surface area contributed by atoms with Gasteiger partial charge in [0.1, 0.15) is 0 Å². The zero-order valence-corrected chi connectivity index (χ0v) is 8.67. The molecular weight excluding hydrogens is 234 g/mol. The number of ketones is 1. The molecule has 0 unspecified atom stereocenters. The van der Waals surface area contributed by atoms with Crippen LogP contribution in [0.25, 0.3) is 0 Å². The number of hydroxylamine groups is 2. The predicted molar refractivity (Wildman–Crippen MR) is 51.7 cm³/mol. The van der Waals surface area contributed by atoms with Gasteiger partial charge in [-0.2, -0.15) is 0 Å². The topological polar surface area (TPSA) is 29.5 Å². The molecule has 1 aliphatic heterocycles. The molecule has 0 saturated heterocycles. The van der Waals surface area contributed by atoms with Gasteiger partial charge in [-0.1, -0.05) is 15.9 Å². The van der Waals surface area contributed by atoms with Crippen LogP contribution in [-0.2, 0) is 0 Å². The first-order chi connectivity index (χ1) is 6.16. The fourth-order valence-electron chi connectivity index (χ4n) is 1.29. The van der Waals surface area contributed by atoms with Gasteiger partial charge >= 0.3 is 0 Å². The number of hydrogen-bond acceptors (Lipinski definition) is 3. The van der Waals surface area contributed by atoms with Crippen LogP contribution in [0.5, 0.6) is 5.75 Å². The van der Waals surface area contributed by atoms with Crippen LogP contribution in [0, 0.1) is 0 Å². The number of halogens is 1. The van der Waals surface area contributed by atoms with Gasteiger partial charge in [0.2, 0.25) is 0 Å². The Kier molecular flexibility index (Phi) is 2.09. The van der Waals surface area contributed by atoms with E-state index in [-0.39, 0.29) is 5.78 Å². The summed E-state index contributed by atoms with van der Waals surface area (Å²) in [6, 6.07) is 5.42. The molecule has 0 saturated carbocycles. The van der Waals surface area contributed by atoms with Gasteiger partial charge in [-0.05, 0) is 18.2 Å². The number of hydrogen-bond donors (Lipinski definition) is 0. The summed E-state index contributed by atoms with van der Waals surface area (Å²) >= 11 is 3.31. The number of carbonyl (C=O) groups excluding carboxylic acids is 1. The number of carbonyl (C=O) groups is 1. The fourth-order valence-corrected chi connectivity index (χ4v) is 1.65. The Labute approximate surface area is 84.4 Å². The van der Waals surface area contributed by atoms with E-state index in [2.05, 4.69) is 15.9 Å². The second-order valence-corrected chi connectivity index (χ2v) is 3.86. The minimum Gasteiger partial charge on any atom is -0.405 e. The SMILES string of the molecule is CN1CC(=O)c2cc(Br)ccc2O1. The maximum Gasteiger partial charge on any atom is 0.184 e. The molecule has 0 amide bonds. The highest BCUT2D eigenvalue weighted by molar-refractivity contribution is 9.10. The normalized spacial score (nSPS) is 16.6. The second kappa shape index (κ2) is 3.12. The Morgan fingerprint density at radius 3 is 3.08 bits per heavy atom. The molecule has 0 fully saturated rings. The average Bonchev–Trinajstić information content (AvgIpc) is 2.06. The highest BCUT2D eigenvalue weighted by atomic mass is 79.9. The van der Waals surface area contributed by atoms with Crippen LogP contribution in [0.1, 0.15) is 10.4 Å². The number of rotatable bonds is 0. The Morgan fingerprint density at radius 2 is 2.31 bits per heavy atom. The van der Waals surface area contributed by atoms with Crippen molar-refractivity contribution >= 4 is 21.7 Å². The summed E-state index contributed by atoms with van der Waals surface area (Å²) in [5, 5.41) is 1.53. The van der Waals surface area contributed by atoms with Gasteiger partial charge in [0, 0.05) is 11.5 Å². The van der Waals surface area contributed by atoms with E-state index in [0.717, 1.165) is 4.47 Å². The maximum atomic E-state index is 11.5. The first kappa shape index (κ1) is 8.72. The van der Waals surface area contributed by atoms with Crippen LogP contribution in [0.15, 0.2) is 22.7 Å². The smallest absolute Gasteiger partial charge is 0.184 e. The minimum atomic E-state index is 0.0880. The lowest BCUT2D eigenvalue weighted by Gasteiger charge is -2.23. The van der Waals surface area contributed by atoms with Crippen LogP contribution in [-0.4, -0.2) is 24.4 Å². The molecule has 0 spiro atoms. The maximum absolute atomic E-state index is 11.5. The molecule has 4 heteroatoms. The Morgan fingerprint density at radius 1 is 1.54 bits per heavy atom. The zero-order valence-electron chi connectivity index (χ0n) is 7.08. The molecule has 13 heavy (non-hydrogen) atoms. The van der Waals surface area contributed by atoms with E-state index in [1.807, 2.05) is 6.07 Å². The zero-order chi connectivity index (χ0) is 9.42. The van der Waals surface area contributed by atoms with E-state index >= 15 is 0 Å². The summed E-state index contributed by atoms with van der Waals surface area (Å²) in [6.07, 6.45) is 0. The van der Waals surface area contributed by atoms with Gasteiger partial charge in [-0.25, -0.2) is 0 Å². The quantitative estimate of drug-likeness (QED) is 0.695. The lowest BCUT2D eigenvalue weighted by atomic mass is 10.1. The highest BCUT2D eigenvalue weighted by Gasteiger charge is 2.22. The molecule has 0 bridgehead atoms. The highest BCUT2D eigenvalue weighted by Crippen LogP contribution is 2.26. The standard InChI is InChI=1S/C9H8BrNO2/c1-11-5-8(12)7-4-6(10)2-3-9(7)13-11/h2-4H,5H2,1H3. The van der Waals surface area contributed by atoms with Crippen molar-refractivity contribution in [1.82, 2.24) is 5.06 Å². The van der Waals surface area contributed by atoms with E-state index in [9.17, 15) is 4.79 Å². The summed E-state index contributed by atoms with van der Waals surface area (Å²) in [4.78, 5) is 16.9. The number of nitrogens with zero attached hydrogens (tertiary/aromatic N) is 1. The first-order valence-corrected chi connectivity index (χ1v) is 4.68. The van der Waals surface area contributed by atoms with Crippen LogP contribution >= 0.6 is 15.9 Å². The van der Waals surface area contributed by atoms with Crippen molar-refractivity contribution < 1.29 is 9.63 Å². The lowest BCUT2D eigenvalue weighted by Crippen LogP contribution is -2.34. The van der Waals surface area contributed by atoms with Crippen molar-refractivity contribution in [3.05, 3.63) is 28.2 Å². The van der Waals surface area contributed by atoms with Gasteiger partial charge in [0.25, 0.3) is 0 Å². The van der Waals surface area contributed by atoms with Crippen molar-refractivity contribution in [3.63, 3.8) is 0 Å². The molecule has 68 valence electrons. The molecule has 0 aromatic heterocycles. The number of Topliss-reactive ketones (excluding diaryl/α,β-unsaturated/α-hetero) is 1. The first-order valence-electron chi connectivity index (χ1n) is 3.88. The van der Waals surface area contributed by atoms with Crippen molar-refractivity contribution in [2.45, 2.75) is 0 Å². The lowest BCUT2D eigenvalue weighted by molar-refractivity contribution is -0.0332. The van der Waals surface area contributed by atoms with Crippen LogP contribution in [0.3, 0.4) is 0 Å². The summed E-state index contributed by atoms with van der Waals surface area (Å²) in [5.74, 6) is 0.715. The molecule has 0 radical (unpaired) electrons. The van der Waals surface area contributed by atoms with Crippen LogP contribution in [0.2, 0.25) is 0 Å². The summed E-state index contributed by atoms with van der Waals surface area (Å²) in [6.45, 7) is 0.309. The van der Waals surface area contributed by atoms with E-state index in [1.54, 1.807) is 19.2 Å². The molecular formula is C9H8BrNO2. The summed E-state index contributed by atoms with van der Waals surface area (Å²) < 4.78 is 0.896. The van der Waals surface area contributed by atoms with Crippen LogP contribution in [0.4, 0.5) is 0 Å². The summed E-state index contributed by atoms with van der Waals surface area (Å²) in [7, 11) is 1.74. The largest absolute Gasteiger partial charge is 0.405 e. The van der Waals surface area contributed by atoms with E-state index < -0.39 is 0 Å². The Bertz CT molecular complexity index is 365. The third-order valence-corrected chi connectivity index (χ3v) is 2.36. The Balaban J connectivity index is 2.49. The molecule has 0 aliphatic carbocycles. The third kappa shape index (κ3) is 1.59. The molecule has 2 rings (SSSR count). The van der Waals surface area contributed by atoms with Crippen LogP contribution < -0.4 is 4.84 Å². The number of benzene rings is 1. The van der Waals surface area contributed by atoms with Gasteiger partial charge in [-0.3, -0.25) is 4.79 Å². The van der Waals surface area contributed by atoms with Gasteiger partial charge < -0.3 is 4.84 Å². The van der Waals surface area contributed by atoms with Gasteiger partial charge in [-0.15, -0.1) is 5.06 Å². The van der Waals surface area contributed by atoms with E-state index in [4.69, 9.17) is 4.84 Å². The third-order valence-electron chi connectivity index (χ3n) is 1.86. The van der Waals surface area contributed by atoms with E-state index in [1.165, 1.54) is 5.06 Å². The predicted octanol–water partition coefficient (Wildman–Crippen LogP) is 1.87. The number of fused-ring (bicyclic) bond motifs is 1. The fraction of sp³-hybridized carbons (Fsp3) is 0.222. The molecule has 0 N–H and O–H groups in total. The van der Waals surface area contributed by atoms with Crippen molar-refractivity contribution in [2.75, 3.05) is 13.6 Å². The van der Waals surface area contributed by atoms with Crippen molar-refractivity contribution in [2.24, 2.45) is 0 Å². The average molecular weight is 242 g/mol. The molecule has 0 atom stereocenters. The molecule has 1 aromatic rings. The van der Waals surface area contributed by atoms with Crippen molar-refractivity contribution in [3.8, 4) is 5.75 Å². The molecule has 1 aromatic carbocycles. The molecule has 1 heterocycles. The molecule has 3 nitrogen and oxygen atoms in total. The number of likely N-dealkylation sites (N-methyl/N-ethyl adjacent to an activating group) is 1. The Hall–Kier alpha value is -0.870. The minimum absolute atomic E-state index is 0.0880. The molecule has 1 aliphatic rings. The van der Waals surface area contributed by atoms with E-state index in [0.29, 0.717) is 17.9 Å². The van der Waals surface area contributed by atoms with Crippen molar-refractivity contribution in [1.29, 1.82) is 0 Å². The second-order valence-electron chi connectivity index (χ2n) is 2.94. The van der Waals surface area contributed by atoms with Gasteiger partial charge in [0.05, 0.1) is 12.1 Å². The van der Waals surface area contributed by atoms with Gasteiger partial charge in [0.15, 0.2) is 11.5 Å². The monoisotopic (exact) mass is 241 g/mol.